The zero-order chi connectivity index (χ0) is 33.7. The van der Waals surface area contributed by atoms with Crippen LogP contribution in [-0.4, -0.2) is 53.2 Å². The third-order valence-corrected chi connectivity index (χ3v) is 7.55. The van der Waals surface area contributed by atoms with E-state index >= 15 is 0 Å². The van der Waals surface area contributed by atoms with Gasteiger partial charge < -0.3 is 30.1 Å². The molecule has 0 aliphatic carbocycles. The fourth-order valence-corrected chi connectivity index (χ4v) is 5.20. The van der Waals surface area contributed by atoms with Gasteiger partial charge in [0.2, 0.25) is 5.91 Å². The Morgan fingerprint density at radius 1 is 0.891 bits per heavy atom. The van der Waals surface area contributed by atoms with Crippen LogP contribution in [0, 0.1) is 6.92 Å². The van der Waals surface area contributed by atoms with Crippen molar-refractivity contribution in [3.63, 3.8) is 0 Å². The van der Waals surface area contributed by atoms with E-state index < -0.39 is 29.7 Å². The van der Waals surface area contributed by atoms with Crippen LogP contribution in [0.15, 0.2) is 72.8 Å². The number of unbranched alkanes of at least 4 members (excludes halogenated alkanes) is 4. The van der Waals surface area contributed by atoms with E-state index in [1.165, 1.54) is 12.1 Å². The van der Waals surface area contributed by atoms with E-state index in [1.807, 2.05) is 31.2 Å². The molecule has 3 N–H and O–H groups in total. The van der Waals surface area contributed by atoms with Crippen LogP contribution < -0.4 is 15.4 Å². The Morgan fingerprint density at radius 3 is 2.15 bits per heavy atom. The molecule has 3 aromatic carbocycles. The summed E-state index contributed by atoms with van der Waals surface area (Å²) in [6.45, 7) is 9.63. The van der Waals surface area contributed by atoms with Gasteiger partial charge in [-0.05, 0) is 87.2 Å². The van der Waals surface area contributed by atoms with Crippen LogP contribution >= 0.6 is 0 Å². The van der Waals surface area contributed by atoms with Gasteiger partial charge in [-0.2, -0.15) is 0 Å². The molecule has 9 nitrogen and oxygen atoms in total. The summed E-state index contributed by atoms with van der Waals surface area (Å²) in [6.07, 6.45) is 4.14. The Morgan fingerprint density at radius 2 is 1.54 bits per heavy atom. The number of carbonyl (C=O) groups is 3. The molecular weight excluding hydrogens is 582 g/mol. The maximum absolute atomic E-state index is 14.7. The normalized spacial score (nSPS) is 12.5. The topological polar surface area (TPSA) is 117 Å². The third-order valence-electron chi connectivity index (χ3n) is 7.55. The van der Waals surface area contributed by atoms with Gasteiger partial charge in [0.05, 0.1) is 7.11 Å². The molecule has 248 valence electrons. The molecule has 3 aromatic rings. The largest absolute Gasteiger partial charge is 0.508 e. The van der Waals surface area contributed by atoms with Gasteiger partial charge in [-0.25, -0.2) is 4.79 Å². The monoisotopic (exact) mass is 631 g/mol. The van der Waals surface area contributed by atoms with Crippen molar-refractivity contribution in [2.75, 3.05) is 19.0 Å². The highest BCUT2D eigenvalue weighted by atomic mass is 16.6. The average molecular weight is 632 g/mol. The number of hydrogen-bond acceptors (Lipinski definition) is 6. The quantitative estimate of drug-likeness (QED) is 0.151. The predicted octanol–water partition coefficient (Wildman–Crippen LogP) is 7.32. The fraction of sp³-hybridized carbons (Fsp3) is 0.432. The van der Waals surface area contributed by atoms with Gasteiger partial charge in [-0.15, -0.1) is 0 Å². The molecule has 2 unspecified atom stereocenters. The lowest BCUT2D eigenvalue weighted by Crippen LogP contribution is -2.53. The van der Waals surface area contributed by atoms with Crippen molar-refractivity contribution in [1.29, 1.82) is 0 Å². The molecule has 0 aliphatic heterocycles. The summed E-state index contributed by atoms with van der Waals surface area (Å²) in [5.74, 6) is -0.0348. The third kappa shape index (κ3) is 11.1. The molecule has 3 rings (SSSR count). The molecule has 0 fully saturated rings. The number of aryl methyl sites for hydroxylation is 1. The maximum Gasteiger partial charge on any atom is 0.408 e. The van der Waals surface area contributed by atoms with Gasteiger partial charge >= 0.3 is 6.09 Å². The summed E-state index contributed by atoms with van der Waals surface area (Å²) in [4.78, 5) is 43.6. The molecule has 3 amide bonds. The predicted molar refractivity (Wildman–Crippen MR) is 181 cm³/mol. The van der Waals surface area contributed by atoms with Crippen LogP contribution in [-0.2, 0) is 20.7 Å². The van der Waals surface area contributed by atoms with E-state index in [9.17, 15) is 19.5 Å². The lowest BCUT2D eigenvalue weighted by molar-refractivity contribution is -0.140. The van der Waals surface area contributed by atoms with Crippen molar-refractivity contribution in [2.45, 2.75) is 90.8 Å². The first-order valence-electron chi connectivity index (χ1n) is 16.0. The fourth-order valence-electron chi connectivity index (χ4n) is 5.20. The molecule has 0 radical (unpaired) electrons. The van der Waals surface area contributed by atoms with Crippen molar-refractivity contribution in [2.24, 2.45) is 0 Å². The maximum atomic E-state index is 14.7. The molecule has 0 heterocycles. The van der Waals surface area contributed by atoms with E-state index in [1.54, 1.807) is 69.2 Å². The molecule has 2 atom stereocenters. The number of alkyl carbamates (subject to hydrolysis) is 1. The Labute approximate surface area is 273 Å². The van der Waals surface area contributed by atoms with Crippen LogP contribution in [0.2, 0.25) is 0 Å². The number of rotatable bonds is 15. The SMILES string of the molecule is CCCCCCCN(C(=O)C(Cc1ccc(O)cc1)NC(=O)OC(C)(C)C)C(C(=O)Nc1ccc(OC)cc1)c1ccccc1C. The number of benzene rings is 3. The minimum atomic E-state index is -1.05. The van der Waals surface area contributed by atoms with Gasteiger partial charge in [0.25, 0.3) is 5.91 Å². The number of amides is 3. The van der Waals surface area contributed by atoms with Crippen molar-refractivity contribution in [3.05, 3.63) is 89.5 Å². The Hall–Kier alpha value is -4.53. The van der Waals surface area contributed by atoms with Crippen LogP contribution in [0.1, 0.15) is 82.5 Å². The Bertz CT molecular complexity index is 1420. The van der Waals surface area contributed by atoms with Gasteiger partial charge in [-0.3, -0.25) is 9.59 Å². The molecule has 0 spiro atoms. The number of aromatic hydroxyl groups is 1. The lowest BCUT2D eigenvalue weighted by atomic mass is 9.96. The number of nitrogens with one attached hydrogen (secondary N) is 2. The highest BCUT2D eigenvalue weighted by Crippen LogP contribution is 2.29. The number of anilines is 1. The minimum absolute atomic E-state index is 0.0928. The van der Waals surface area contributed by atoms with E-state index in [0.717, 1.165) is 36.8 Å². The minimum Gasteiger partial charge on any atom is -0.508 e. The Kier molecular flexibility index (Phi) is 13.5. The summed E-state index contributed by atoms with van der Waals surface area (Å²) in [5, 5.41) is 15.6. The number of methoxy groups -OCH3 is 1. The molecule has 0 saturated heterocycles. The van der Waals surface area contributed by atoms with E-state index in [2.05, 4.69) is 17.6 Å². The second-order valence-corrected chi connectivity index (χ2v) is 12.5. The van der Waals surface area contributed by atoms with Gasteiger partial charge in [0.15, 0.2) is 0 Å². The molecular formula is C37H49N3O6. The number of ether oxygens (including phenoxy) is 2. The number of hydrogen-bond donors (Lipinski definition) is 3. The number of phenolic OH excluding ortho intramolecular Hbond substituents is 1. The highest BCUT2D eigenvalue weighted by Gasteiger charge is 2.37. The number of carbonyl (C=O) groups excluding carboxylic acids is 3. The summed E-state index contributed by atoms with van der Waals surface area (Å²) in [7, 11) is 1.58. The first-order chi connectivity index (χ1) is 21.9. The molecule has 0 aromatic heterocycles. The molecule has 0 saturated carbocycles. The first-order valence-corrected chi connectivity index (χ1v) is 16.0. The zero-order valence-electron chi connectivity index (χ0n) is 28.0. The second kappa shape index (κ2) is 17.2. The van der Waals surface area contributed by atoms with Crippen molar-refractivity contribution in [1.82, 2.24) is 10.2 Å². The standard InChI is InChI=1S/C37H49N3O6/c1-7-8-9-10-13-24-40(35(43)32(39-36(44)46-37(3,4)5)25-27-16-20-29(41)21-17-27)33(31-15-12-11-14-26(31)2)34(42)38-28-18-22-30(45-6)23-19-28/h11-12,14-23,32-33,41H,7-10,13,24-25H2,1-6H3,(H,38,42)(H,39,44). The average Bonchev–Trinajstić information content (AvgIpc) is 3.01. The molecule has 9 heteroatoms. The highest BCUT2D eigenvalue weighted by molar-refractivity contribution is 5.99. The van der Waals surface area contributed by atoms with Crippen molar-refractivity contribution in [3.8, 4) is 11.5 Å². The molecule has 46 heavy (non-hydrogen) atoms. The molecule has 0 bridgehead atoms. The van der Waals surface area contributed by atoms with Gasteiger partial charge in [0, 0.05) is 18.7 Å². The summed E-state index contributed by atoms with van der Waals surface area (Å²) in [5.41, 5.74) is 2.06. The van der Waals surface area contributed by atoms with Crippen molar-refractivity contribution < 1.29 is 29.0 Å². The van der Waals surface area contributed by atoms with E-state index in [-0.39, 0.29) is 18.1 Å². The van der Waals surface area contributed by atoms with Crippen molar-refractivity contribution >= 4 is 23.6 Å². The first kappa shape index (κ1) is 35.9. The lowest BCUT2D eigenvalue weighted by Gasteiger charge is -2.35. The number of phenols is 1. The van der Waals surface area contributed by atoms with E-state index in [4.69, 9.17) is 9.47 Å². The second-order valence-electron chi connectivity index (χ2n) is 12.5. The summed E-state index contributed by atoms with van der Waals surface area (Å²) >= 11 is 0. The molecule has 0 aliphatic rings. The van der Waals surface area contributed by atoms with Crippen LogP contribution in [0.5, 0.6) is 11.5 Å². The van der Waals surface area contributed by atoms with Gasteiger partial charge in [-0.1, -0.05) is 69.0 Å². The zero-order valence-corrected chi connectivity index (χ0v) is 28.0. The summed E-state index contributed by atoms with van der Waals surface area (Å²) < 4.78 is 10.8. The smallest absolute Gasteiger partial charge is 0.408 e. The van der Waals surface area contributed by atoms with Gasteiger partial charge in [0.1, 0.15) is 29.2 Å². The van der Waals surface area contributed by atoms with E-state index in [0.29, 0.717) is 30.0 Å². The Balaban J connectivity index is 2.06. The van der Waals surface area contributed by atoms with Crippen LogP contribution in [0.25, 0.3) is 0 Å². The number of nitrogens with zero attached hydrogens (tertiary/aromatic N) is 1. The van der Waals surface area contributed by atoms with Crippen LogP contribution in [0.3, 0.4) is 0 Å². The van der Waals surface area contributed by atoms with Crippen LogP contribution in [0.4, 0.5) is 10.5 Å². The summed E-state index contributed by atoms with van der Waals surface area (Å²) in [6, 6.07) is 19.0.